The van der Waals surface area contributed by atoms with Gasteiger partial charge in [0.15, 0.2) is 0 Å². The number of halogens is 1. The van der Waals surface area contributed by atoms with Crippen molar-refractivity contribution in [1.29, 1.82) is 0 Å². The number of ether oxygens (including phenoxy) is 1. The Hall–Kier alpha value is -0.570. The van der Waals surface area contributed by atoms with Gasteiger partial charge in [-0.3, -0.25) is 0 Å². The van der Waals surface area contributed by atoms with Crippen molar-refractivity contribution < 1.29 is 4.74 Å². The Morgan fingerprint density at radius 2 is 2.00 bits per heavy atom. The molecule has 1 aromatic rings. The number of nitrogens with two attached hydrogens (primary N) is 1. The van der Waals surface area contributed by atoms with Crippen molar-refractivity contribution in [3.05, 3.63) is 34.9 Å². The van der Waals surface area contributed by atoms with Gasteiger partial charge in [0.1, 0.15) is 0 Å². The minimum Gasteiger partial charge on any atom is -0.379 e. The average molecular weight is 240 g/mol. The zero-order valence-corrected chi connectivity index (χ0v) is 10.3. The molecule has 1 aliphatic rings. The molecule has 0 aromatic heterocycles. The number of hydrogen-bond acceptors (Lipinski definition) is 2. The van der Waals surface area contributed by atoms with E-state index in [0.29, 0.717) is 5.92 Å². The molecule has 1 fully saturated rings. The van der Waals surface area contributed by atoms with E-state index in [2.05, 4.69) is 19.1 Å². The van der Waals surface area contributed by atoms with Gasteiger partial charge in [0.2, 0.25) is 0 Å². The van der Waals surface area contributed by atoms with Crippen LogP contribution in [0.3, 0.4) is 0 Å². The monoisotopic (exact) mass is 239 g/mol. The van der Waals surface area contributed by atoms with E-state index >= 15 is 0 Å². The lowest BCUT2D eigenvalue weighted by Gasteiger charge is -2.43. The van der Waals surface area contributed by atoms with Crippen LogP contribution in [0.4, 0.5) is 0 Å². The molecule has 0 bridgehead atoms. The molecule has 0 saturated carbocycles. The number of hydrogen-bond donors (Lipinski definition) is 1. The summed E-state index contributed by atoms with van der Waals surface area (Å²) in [6, 6.07) is 8.11. The molecular formula is C13H18ClNO. The first-order valence-electron chi connectivity index (χ1n) is 5.70. The highest BCUT2D eigenvalue weighted by atomic mass is 35.5. The van der Waals surface area contributed by atoms with Gasteiger partial charge in [0.05, 0.1) is 13.2 Å². The topological polar surface area (TPSA) is 35.2 Å². The van der Waals surface area contributed by atoms with Crippen molar-refractivity contribution in [2.45, 2.75) is 18.8 Å². The second kappa shape index (κ2) is 4.74. The Morgan fingerprint density at radius 1 is 1.38 bits per heavy atom. The molecule has 88 valence electrons. The van der Waals surface area contributed by atoms with Crippen LogP contribution < -0.4 is 5.73 Å². The molecule has 1 heterocycles. The van der Waals surface area contributed by atoms with Gasteiger partial charge in [0.25, 0.3) is 0 Å². The highest BCUT2D eigenvalue weighted by Gasteiger charge is 2.40. The van der Waals surface area contributed by atoms with Crippen LogP contribution in [0.1, 0.15) is 18.9 Å². The van der Waals surface area contributed by atoms with E-state index in [1.807, 2.05) is 12.1 Å². The van der Waals surface area contributed by atoms with E-state index in [4.69, 9.17) is 22.1 Å². The summed E-state index contributed by atoms with van der Waals surface area (Å²) in [5, 5.41) is 0.783. The Kier molecular flexibility index (Phi) is 3.53. The summed E-state index contributed by atoms with van der Waals surface area (Å²) in [6.45, 7) is 4.53. The third-order valence-electron chi connectivity index (χ3n) is 3.35. The van der Waals surface area contributed by atoms with Gasteiger partial charge in [-0.1, -0.05) is 30.7 Å². The molecule has 16 heavy (non-hydrogen) atoms. The first kappa shape index (κ1) is 11.9. The highest BCUT2D eigenvalue weighted by molar-refractivity contribution is 6.30. The number of benzene rings is 1. The zero-order valence-electron chi connectivity index (χ0n) is 9.58. The lowest BCUT2D eigenvalue weighted by molar-refractivity contribution is -0.0701. The molecule has 2 nitrogen and oxygen atoms in total. The molecule has 2 N–H and O–H groups in total. The van der Waals surface area contributed by atoms with Crippen LogP contribution in [0.25, 0.3) is 0 Å². The van der Waals surface area contributed by atoms with Crippen molar-refractivity contribution in [2.75, 3.05) is 19.8 Å². The maximum atomic E-state index is 5.90. The second-order valence-corrected chi connectivity index (χ2v) is 5.26. The van der Waals surface area contributed by atoms with Gasteiger partial charge in [-0.25, -0.2) is 0 Å². The van der Waals surface area contributed by atoms with Crippen LogP contribution in [0.5, 0.6) is 0 Å². The van der Waals surface area contributed by atoms with Gasteiger partial charge < -0.3 is 10.5 Å². The summed E-state index contributed by atoms with van der Waals surface area (Å²) in [5.41, 5.74) is 7.19. The minimum absolute atomic E-state index is 0.170. The molecule has 1 aromatic carbocycles. The van der Waals surface area contributed by atoms with Crippen LogP contribution in [0.2, 0.25) is 5.02 Å². The SMILES string of the molecule is CC(CN)CC1(c2ccc(Cl)cc2)COC1. The molecular weight excluding hydrogens is 222 g/mol. The summed E-state index contributed by atoms with van der Waals surface area (Å²) in [7, 11) is 0. The fourth-order valence-corrected chi connectivity index (χ4v) is 2.43. The molecule has 1 saturated heterocycles. The minimum atomic E-state index is 0.170. The third-order valence-corrected chi connectivity index (χ3v) is 3.61. The molecule has 0 radical (unpaired) electrons. The van der Waals surface area contributed by atoms with E-state index in [-0.39, 0.29) is 5.41 Å². The van der Waals surface area contributed by atoms with Gasteiger partial charge in [-0.2, -0.15) is 0 Å². The fraction of sp³-hybridized carbons (Fsp3) is 0.538. The Balaban J connectivity index is 2.17. The first-order chi connectivity index (χ1) is 7.66. The lowest BCUT2D eigenvalue weighted by Crippen LogP contribution is -2.48. The lowest BCUT2D eigenvalue weighted by atomic mass is 9.72. The second-order valence-electron chi connectivity index (χ2n) is 4.83. The van der Waals surface area contributed by atoms with E-state index in [0.717, 1.165) is 31.2 Å². The third kappa shape index (κ3) is 2.24. The predicted octanol–water partition coefficient (Wildman–Crippen LogP) is 2.59. The Bertz CT molecular complexity index is 345. The summed E-state index contributed by atoms with van der Waals surface area (Å²) in [4.78, 5) is 0. The van der Waals surface area contributed by atoms with Gasteiger partial charge in [0, 0.05) is 10.4 Å². The smallest absolute Gasteiger partial charge is 0.0585 e. The largest absolute Gasteiger partial charge is 0.379 e. The molecule has 1 atom stereocenters. The molecule has 0 aliphatic carbocycles. The standard InChI is InChI=1S/C13H18ClNO/c1-10(7-15)6-13(8-16-9-13)11-2-4-12(14)5-3-11/h2-5,10H,6-9,15H2,1H3. The van der Waals surface area contributed by atoms with Gasteiger partial charge in [-0.05, 0) is 36.6 Å². The predicted molar refractivity (Wildman–Crippen MR) is 66.8 cm³/mol. The van der Waals surface area contributed by atoms with Crippen molar-refractivity contribution >= 4 is 11.6 Å². The highest BCUT2D eigenvalue weighted by Crippen LogP contribution is 2.38. The van der Waals surface area contributed by atoms with Crippen LogP contribution in [-0.4, -0.2) is 19.8 Å². The van der Waals surface area contributed by atoms with Crippen molar-refractivity contribution in [3.8, 4) is 0 Å². The normalized spacial score (nSPS) is 20.2. The fourth-order valence-electron chi connectivity index (χ4n) is 2.30. The van der Waals surface area contributed by atoms with Crippen molar-refractivity contribution in [3.63, 3.8) is 0 Å². The molecule has 1 unspecified atom stereocenters. The van der Waals surface area contributed by atoms with Gasteiger partial charge in [-0.15, -0.1) is 0 Å². The number of rotatable bonds is 4. The van der Waals surface area contributed by atoms with E-state index in [9.17, 15) is 0 Å². The summed E-state index contributed by atoms with van der Waals surface area (Å²) in [5.74, 6) is 0.527. The molecule has 0 amide bonds. The van der Waals surface area contributed by atoms with Crippen LogP contribution in [-0.2, 0) is 10.2 Å². The average Bonchev–Trinajstić information content (AvgIpc) is 2.24. The van der Waals surface area contributed by atoms with Crippen molar-refractivity contribution in [1.82, 2.24) is 0 Å². The molecule has 3 heteroatoms. The van der Waals surface area contributed by atoms with E-state index in [1.54, 1.807) is 0 Å². The molecule has 0 spiro atoms. The van der Waals surface area contributed by atoms with Crippen LogP contribution in [0, 0.1) is 5.92 Å². The van der Waals surface area contributed by atoms with Gasteiger partial charge >= 0.3 is 0 Å². The van der Waals surface area contributed by atoms with Crippen LogP contribution >= 0.6 is 11.6 Å². The van der Waals surface area contributed by atoms with Crippen LogP contribution in [0.15, 0.2) is 24.3 Å². The molecule has 2 rings (SSSR count). The van der Waals surface area contributed by atoms with E-state index < -0.39 is 0 Å². The Morgan fingerprint density at radius 3 is 2.44 bits per heavy atom. The van der Waals surface area contributed by atoms with Crippen molar-refractivity contribution in [2.24, 2.45) is 11.7 Å². The molecule has 1 aliphatic heterocycles. The Labute approximate surface area is 102 Å². The maximum absolute atomic E-state index is 5.90. The summed E-state index contributed by atoms with van der Waals surface area (Å²) < 4.78 is 5.39. The summed E-state index contributed by atoms with van der Waals surface area (Å²) >= 11 is 5.90. The summed E-state index contributed by atoms with van der Waals surface area (Å²) in [6.07, 6.45) is 1.09. The zero-order chi connectivity index (χ0) is 11.6. The van der Waals surface area contributed by atoms with E-state index in [1.165, 1.54) is 5.56 Å². The maximum Gasteiger partial charge on any atom is 0.0585 e. The quantitative estimate of drug-likeness (QED) is 0.877. The first-order valence-corrected chi connectivity index (χ1v) is 6.08.